The van der Waals surface area contributed by atoms with Crippen molar-refractivity contribution in [3.63, 3.8) is 0 Å². The zero-order valence-corrected chi connectivity index (χ0v) is 19.3. The van der Waals surface area contributed by atoms with Crippen LogP contribution in [0.3, 0.4) is 0 Å². The minimum atomic E-state index is -0.566. The van der Waals surface area contributed by atoms with Gasteiger partial charge in [0.25, 0.3) is 0 Å². The summed E-state index contributed by atoms with van der Waals surface area (Å²) < 4.78 is 11.4. The number of aliphatic hydroxyl groups excluding tert-OH is 1. The maximum Gasteiger partial charge on any atom is 0.303 e. The second-order valence-electron chi connectivity index (χ2n) is 10.9. The van der Waals surface area contributed by atoms with Crippen LogP contribution in [-0.4, -0.2) is 41.1 Å². The summed E-state index contributed by atoms with van der Waals surface area (Å²) in [7, 11) is 0. The fourth-order valence-corrected chi connectivity index (χ4v) is 8.01. The van der Waals surface area contributed by atoms with E-state index >= 15 is 0 Å². The third-order valence-corrected chi connectivity index (χ3v) is 9.12. The maximum absolute atomic E-state index is 12.4. The number of Topliss-reactive ketones (excluding diaryl/α,β-unsaturated/α-hetero) is 1. The minimum absolute atomic E-state index is 0.0129. The third kappa shape index (κ3) is 3.55. The van der Waals surface area contributed by atoms with Gasteiger partial charge in [-0.05, 0) is 61.9 Å². The molecule has 0 saturated heterocycles. The molecule has 6 nitrogen and oxygen atoms in total. The minimum Gasteiger partial charge on any atom is -0.462 e. The molecule has 0 aromatic carbocycles. The highest BCUT2D eigenvalue weighted by molar-refractivity contribution is 5.79. The molecular weight excluding hydrogens is 396 g/mol. The number of hydrogen-bond acceptors (Lipinski definition) is 6. The van der Waals surface area contributed by atoms with Crippen LogP contribution in [0.1, 0.15) is 73.1 Å². The Morgan fingerprint density at radius 1 is 1.03 bits per heavy atom. The topological polar surface area (TPSA) is 89.9 Å². The van der Waals surface area contributed by atoms with Crippen molar-refractivity contribution in [3.05, 3.63) is 11.6 Å². The molecule has 1 N–H and O–H groups in total. The molecule has 9 atom stereocenters. The summed E-state index contributed by atoms with van der Waals surface area (Å²) in [5, 5.41) is 11.5. The van der Waals surface area contributed by atoms with Gasteiger partial charge in [0.1, 0.15) is 18.0 Å². The Morgan fingerprint density at radius 3 is 2.32 bits per heavy atom. The molecule has 3 unspecified atom stereocenters. The lowest BCUT2D eigenvalue weighted by molar-refractivity contribution is -0.177. The second-order valence-corrected chi connectivity index (χ2v) is 10.9. The van der Waals surface area contributed by atoms with Gasteiger partial charge in [-0.15, -0.1) is 0 Å². The molecule has 3 saturated carbocycles. The number of carbonyl (C=O) groups is 3. The summed E-state index contributed by atoms with van der Waals surface area (Å²) >= 11 is 0. The molecule has 172 valence electrons. The van der Waals surface area contributed by atoms with E-state index < -0.39 is 12.2 Å². The van der Waals surface area contributed by atoms with Crippen LogP contribution in [0.15, 0.2) is 11.6 Å². The number of rotatable bonds is 3. The van der Waals surface area contributed by atoms with Crippen LogP contribution in [0, 0.1) is 34.5 Å². The Kier molecular flexibility index (Phi) is 5.60. The Labute approximate surface area is 184 Å². The van der Waals surface area contributed by atoms with E-state index in [9.17, 15) is 19.5 Å². The van der Waals surface area contributed by atoms with E-state index in [2.05, 4.69) is 19.9 Å². The molecule has 0 aromatic heterocycles. The molecule has 3 fully saturated rings. The number of ether oxygens (including phenoxy) is 2. The molecule has 4 rings (SSSR count). The van der Waals surface area contributed by atoms with Gasteiger partial charge in [0.2, 0.25) is 0 Å². The van der Waals surface area contributed by atoms with Gasteiger partial charge in [0, 0.05) is 38.0 Å². The number of esters is 2. The van der Waals surface area contributed by atoms with Gasteiger partial charge >= 0.3 is 11.9 Å². The largest absolute Gasteiger partial charge is 0.462 e. The number of hydrogen-bond donors (Lipinski definition) is 1. The fourth-order valence-electron chi connectivity index (χ4n) is 8.01. The fraction of sp³-hybridized carbons (Fsp3) is 0.800. The van der Waals surface area contributed by atoms with Crippen LogP contribution < -0.4 is 0 Å². The zero-order valence-electron chi connectivity index (χ0n) is 19.3. The lowest BCUT2D eigenvalue weighted by atomic mass is 9.45. The van der Waals surface area contributed by atoms with E-state index in [1.54, 1.807) is 6.92 Å². The predicted octanol–water partition coefficient (Wildman–Crippen LogP) is 3.60. The number of carbonyl (C=O) groups excluding carboxylic acids is 3. The molecule has 4 aliphatic carbocycles. The van der Waals surface area contributed by atoms with Crippen LogP contribution in [0.2, 0.25) is 0 Å². The molecule has 0 aromatic rings. The van der Waals surface area contributed by atoms with E-state index in [-0.39, 0.29) is 58.3 Å². The SMILES string of the molecule is CC(=O)O[C@H]1CC[C@@]2(C)C(=C[C@H](OC(C)=O)C3C2[C@H](O)C[C@@]2(C)C3CC[C@@H]2C(C)=O)C1. The monoisotopic (exact) mass is 432 g/mol. The van der Waals surface area contributed by atoms with Gasteiger partial charge in [0.05, 0.1) is 6.10 Å². The molecule has 0 aliphatic heterocycles. The van der Waals surface area contributed by atoms with Crippen LogP contribution in [0.25, 0.3) is 0 Å². The van der Waals surface area contributed by atoms with Crippen molar-refractivity contribution in [2.75, 3.05) is 0 Å². The van der Waals surface area contributed by atoms with Gasteiger partial charge in [-0.1, -0.05) is 19.4 Å². The van der Waals surface area contributed by atoms with E-state index in [0.717, 1.165) is 31.3 Å². The van der Waals surface area contributed by atoms with Gasteiger partial charge in [-0.3, -0.25) is 14.4 Å². The second kappa shape index (κ2) is 7.72. The highest BCUT2D eigenvalue weighted by Crippen LogP contribution is 2.66. The van der Waals surface area contributed by atoms with Crippen molar-refractivity contribution in [1.82, 2.24) is 0 Å². The maximum atomic E-state index is 12.4. The number of aliphatic hydroxyl groups is 1. The molecule has 0 heterocycles. The lowest BCUT2D eigenvalue weighted by Crippen LogP contribution is -2.60. The molecule has 0 radical (unpaired) electrons. The van der Waals surface area contributed by atoms with Crippen LogP contribution in [-0.2, 0) is 23.9 Å². The number of ketones is 1. The van der Waals surface area contributed by atoms with E-state index in [4.69, 9.17) is 9.47 Å². The Morgan fingerprint density at radius 2 is 1.71 bits per heavy atom. The van der Waals surface area contributed by atoms with Crippen molar-refractivity contribution in [2.45, 2.75) is 91.5 Å². The standard InChI is InChI=1S/C25H36O6/c1-13(26)18-6-7-19-22-21(31-15(3)28)11-16-10-17(30-14(2)27)8-9-24(16,4)23(22)20(29)12-25(18,19)5/h11,17-23,29H,6-10,12H2,1-5H3/t17-,18+,19?,20+,21-,22?,23?,24-,25+/m0/s1. The molecule has 31 heavy (non-hydrogen) atoms. The summed E-state index contributed by atoms with van der Waals surface area (Å²) in [6.07, 6.45) is 5.47. The quantitative estimate of drug-likeness (QED) is 0.541. The van der Waals surface area contributed by atoms with Gasteiger partial charge in [0.15, 0.2) is 0 Å². The van der Waals surface area contributed by atoms with E-state index in [1.807, 2.05) is 0 Å². The van der Waals surface area contributed by atoms with Gasteiger partial charge in [-0.25, -0.2) is 0 Å². The van der Waals surface area contributed by atoms with Crippen molar-refractivity contribution in [1.29, 1.82) is 0 Å². The first-order valence-corrected chi connectivity index (χ1v) is 11.7. The highest BCUT2D eigenvalue weighted by Gasteiger charge is 2.65. The van der Waals surface area contributed by atoms with Gasteiger partial charge in [-0.2, -0.15) is 0 Å². The summed E-state index contributed by atoms with van der Waals surface area (Å²) in [5.74, 6) is -0.308. The molecule has 6 heteroatoms. The molecule has 0 amide bonds. The average Bonchev–Trinajstić information content (AvgIpc) is 2.98. The molecular formula is C25H36O6. The first kappa shape index (κ1) is 22.5. The smallest absolute Gasteiger partial charge is 0.303 e. The Bertz CT molecular complexity index is 817. The molecule has 0 bridgehead atoms. The van der Waals surface area contributed by atoms with Crippen molar-refractivity contribution < 1.29 is 29.0 Å². The highest BCUT2D eigenvalue weighted by atomic mass is 16.5. The Hall–Kier alpha value is -1.69. The first-order chi connectivity index (χ1) is 14.5. The van der Waals surface area contributed by atoms with E-state index in [0.29, 0.717) is 12.8 Å². The third-order valence-electron chi connectivity index (χ3n) is 9.12. The normalized spacial score (nSPS) is 46.1. The Balaban J connectivity index is 1.76. The van der Waals surface area contributed by atoms with Crippen molar-refractivity contribution in [2.24, 2.45) is 34.5 Å². The summed E-state index contributed by atoms with van der Waals surface area (Å²) in [4.78, 5) is 36.0. The lowest BCUT2D eigenvalue weighted by Gasteiger charge is -2.60. The van der Waals surface area contributed by atoms with Crippen LogP contribution in [0.4, 0.5) is 0 Å². The predicted molar refractivity (Wildman–Crippen MR) is 114 cm³/mol. The van der Waals surface area contributed by atoms with Crippen LogP contribution >= 0.6 is 0 Å². The molecule has 4 aliphatic rings. The first-order valence-electron chi connectivity index (χ1n) is 11.7. The average molecular weight is 433 g/mol. The zero-order chi connectivity index (χ0) is 22.7. The van der Waals surface area contributed by atoms with Crippen LogP contribution in [0.5, 0.6) is 0 Å². The van der Waals surface area contributed by atoms with Crippen molar-refractivity contribution >= 4 is 17.7 Å². The van der Waals surface area contributed by atoms with E-state index in [1.165, 1.54) is 13.8 Å². The number of fused-ring (bicyclic) bond motifs is 5. The summed E-state index contributed by atoms with van der Waals surface area (Å²) in [6.45, 7) is 8.89. The summed E-state index contributed by atoms with van der Waals surface area (Å²) in [5.41, 5.74) is 0.621. The molecule has 0 spiro atoms. The van der Waals surface area contributed by atoms with Gasteiger partial charge < -0.3 is 14.6 Å². The van der Waals surface area contributed by atoms with Crippen molar-refractivity contribution in [3.8, 4) is 0 Å². The summed E-state index contributed by atoms with van der Waals surface area (Å²) in [6, 6.07) is 0.